The zero-order chi connectivity index (χ0) is 17.2. The number of hydrogen-bond donors (Lipinski definition) is 0. The van der Waals surface area contributed by atoms with E-state index in [4.69, 9.17) is 8.92 Å². The van der Waals surface area contributed by atoms with Gasteiger partial charge in [0, 0.05) is 14.5 Å². The van der Waals surface area contributed by atoms with Crippen molar-refractivity contribution in [3.63, 3.8) is 0 Å². The highest BCUT2D eigenvalue weighted by molar-refractivity contribution is 9.11. The van der Waals surface area contributed by atoms with Gasteiger partial charge in [-0.2, -0.15) is 8.42 Å². The second-order valence-electron chi connectivity index (χ2n) is 4.53. The fraction of sp³-hybridized carbons (Fsp3) is 0.133. The Bertz CT molecular complexity index is 862. The predicted molar refractivity (Wildman–Crippen MR) is 92.7 cm³/mol. The Hall–Kier alpha value is -1.38. The Balaban J connectivity index is 2.43. The number of halogens is 2. The molecule has 0 aliphatic heterocycles. The van der Waals surface area contributed by atoms with Crippen molar-refractivity contribution in [3.05, 3.63) is 50.9 Å². The Kier molecular flexibility index (Phi) is 5.49. The van der Waals surface area contributed by atoms with Gasteiger partial charge in [0.2, 0.25) is 0 Å². The van der Waals surface area contributed by atoms with E-state index in [0.29, 0.717) is 10.0 Å². The Morgan fingerprint density at radius 2 is 1.74 bits per heavy atom. The van der Waals surface area contributed by atoms with Crippen LogP contribution >= 0.6 is 31.9 Å². The average Bonchev–Trinajstić information content (AvgIpc) is 2.46. The second kappa shape index (κ2) is 7.02. The third kappa shape index (κ3) is 4.13. The molecule has 23 heavy (non-hydrogen) atoms. The van der Waals surface area contributed by atoms with Crippen LogP contribution in [-0.2, 0) is 10.1 Å². The molecule has 0 atom stereocenters. The molecule has 0 aromatic heterocycles. The van der Waals surface area contributed by atoms with Crippen LogP contribution in [0.5, 0.6) is 11.5 Å². The molecule has 0 amide bonds. The van der Waals surface area contributed by atoms with Gasteiger partial charge < -0.3 is 8.92 Å². The molecule has 8 heteroatoms. The van der Waals surface area contributed by atoms with Crippen molar-refractivity contribution in [3.8, 4) is 11.5 Å². The van der Waals surface area contributed by atoms with Crippen molar-refractivity contribution in [2.75, 3.05) is 7.11 Å². The minimum absolute atomic E-state index is 0.00678. The fourth-order valence-corrected chi connectivity index (χ4v) is 4.43. The summed E-state index contributed by atoms with van der Waals surface area (Å²) in [5.74, 6) is 0.00943. The van der Waals surface area contributed by atoms with Gasteiger partial charge >= 0.3 is 10.1 Å². The van der Waals surface area contributed by atoms with E-state index in [1.54, 1.807) is 12.1 Å². The fourth-order valence-electron chi connectivity index (χ4n) is 1.80. The van der Waals surface area contributed by atoms with Crippen LogP contribution in [0.2, 0.25) is 0 Å². The lowest BCUT2D eigenvalue weighted by Crippen LogP contribution is -2.11. The van der Waals surface area contributed by atoms with Crippen molar-refractivity contribution in [1.29, 1.82) is 0 Å². The molecule has 2 aromatic rings. The number of benzene rings is 2. The van der Waals surface area contributed by atoms with Gasteiger partial charge in [0.1, 0.15) is 4.90 Å². The molecular formula is C15H12Br2O5S. The SMILES string of the molecule is COc1cc(C(C)=O)ccc1OS(=O)(=O)c1ccc(Br)cc1Br. The summed E-state index contributed by atoms with van der Waals surface area (Å²) in [6, 6.07) is 8.92. The molecule has 0 saturated heterocycles. The van der Waals surface area contributed by atoms with E-state index in [0.717, 1.165) is 4.47 Å². The van der Waals surface area contributed by atoms with Gasteiger partial charge in [-0.1, -0.05) is 15.9 Å². The Labute approximate surface area is 151 Å². The van der Waals surface area contributed by atoms with E-state index in [2.05, 4.69) is 31.9 Å². The number of ether oxygens (including phenoxy) is 1. The minimum atomic E-state index is -4.06. The lowest BCUT2D eigenvalue weighted by atomic mass is 10.1. The standard InChI is InChI=1S/C15H12Br2O5S/c1-9(18)10-3-5-13(14(7-10)21-2)22-23(19,20)15-6-4-11(16)8-12(15)17/h3-8H,1-2H3. The van der Waals surface area contributed by atoms with Crippen molar-refractivity contribution >= 4 is 47.8 Å². The van der Waals surface area contributed by atoms with Crippen LogP contribution in [0.25, 0.3) is 0 Å². The number of rotatable bonds is 5. The number of Topliss-reactive ketones (excluding diaryl/α,β-unsaturated/α-hetero) is 1. The van der Waals surface area contributed by atoms with Crippen molar-refractivity contribution in [1.82, 2.24) is 0 Å². The average molecular weight is 464 g/mol. The number of hydrogen-bond acceptors (Lipinski definition) is 5. The van der Waals surface area contributed by atoms with Gasteiger partial charge in [0.05, 0.1) is 7.11 Å². The quantitative estimate of drug-likeness (QED) is 0.491. The van der Waals surface area contributed by atoms with E-state index in [1.807, 2.05) is 0 Å². The van der Waals surface area contributed by atoms with Crippen molar-refractivity contribution in [2.24, 2.45) is 0 Å². The van der Waals surface area contributed by atoms with Crippen LogP contribution in [0.1, 0.15) is 17.3 Å². The smallest absolute Gasteiger partial charge is 0.340 e. The first-order valence-corrected chi connectivity index (χ1v) is 9.32. The number of carbonyl (C=O) groups is 1. The van der Waals surface area contributed by atoms with Crippen LogP contribution in [0.3, 0.4) is 0 Å². The summed E-state index contributed by atoms with van der Waals surface area (Å²) in [6.45, 7) is 1.41. The third-order valence-electron chi connectivity index (χ3n) is 2.93. The molecule has 2 rings (SSSR count). The van der Waals surface area contributed by atoms with Crippen molar-refractivity contribution < 1.29 is 22.1 Å². The number of carbonyl (C=O) groups excluding carboxylic acids is 1. The van der Waals surface area contributed by atoms with Gasteiger partial charge in [-0.05, 0) is 59.3 Å². The summed E-state index contributed by atoms with van der Waals surface area (Å²) < 4.78 is 36.2. The summed E-state index contributed by atoms with van der Waals surface area (Å²) in [7, 11) is -2.69. The molecule has 0 unspecified atom stereocenters. The molecule has 5 nitrogen and oxygen atoms in total. The maximum Gasteiger partial charge on any atom is 0.340 e. The highest BCUT2D eigenvalue weighted by atomic mass is 79.9. The normalized spacial score (nSPS) is 11.1. The molecule has 0 aliphatic carbocycles. The zero-order valence-corrected chi connectivity index (χ0v) is 16.2. The van der Waals surface area contributed by atoms with E-state index >= 15 is 0 Å². The maximum atomic E-state index is 12.4. The van der Waals surface area contributed by atoms with E-state index < -0.39 is 10.1 Å². The topological polar surface area (TPSA) is 69.7 Å². The second-order valence-corrected chi connectivity index (χ2v) is 7.82. The minimum Gasteiger partial charge on any atom is -0.493 e. The molecule has 0 saturated carbocycles. The van der Waals surface area contributed by atoms with Crippen LogP contribution < -0.4 is 8.92 Å². The highest BCUT2D eigenvalue weighted by Gasteiger charge is 2.22. The predicted octanol–water partition coefficient (Wildman–Crippen LogP) is 4.19. The molecule has 0 bridgehead atoms. The molecule has 2 aromatic carbocycles. The van der Waals surface area contributed by atoms with Crippen LogP contribution in [0, 0.1) is 0 Å². The van der Waals surface area contributed by atoms with Gasteiger partial charge in [-0.25, -0.2) is 0 Å². The molecule has 122 valence electrons. The van der Waals surface area contributed by atoms with Crippen LogP contribution in [-0.4, -0.2) is 21.3 Å². The first-order valence-electron chi connectivity index (χ1n) is 6.33. The number of ketones is 1. The molecule has 0 fully saturated rings. The Morgan fingerprint density at radius 1 is 1.04 bits per heavy atom. The first kappa shape index (κ1) is 18.0. The lowest BCUT2D eigenvalue weighted by molar-refractivity contribution is 0.101. The lowest BCUT2D eigenvalue weighted by Gasteiger charge is -2.12. The largest absolute Gasteiger partial charge is 0.493 e. The van der Waals surface area contributed by atoms with Gasteiger partial charge in [-0.15, -0.1) is 0 Å². The van der Waals surface area contributed by atoms with E-state index in [9.17, 15) is 13.2 Å². The summed E-state index contributed by atoms with van der Waals surface area (Å²) >= 11 is 6.45. The molecule has 0 radical (unpaired) electrons. The summed E-state index contributed by atoms with van der Waals surface area (Å²) in [4.78, 5) is 11.4. The summed E-state index contributed by atoms with van der Waals surface area (Å²) in [5.41, 5.74) is 0.399. The van der Waals surface area contributed by atoms with E-state index in [1.165, 1.54) is 38.3 Å². The monoisotopic (exact) mass is 462 g/mol. The number of methoxy groups -OCH3 is 1. The molecule has 0 N–H and O–H groups in total. The maximum absolute atomic E-state index is 12.4. The molecule has 0 spiro atoms. The van der Waals surface area contributed by atoms with Crippen LogP contribution in [0.15, 0.2) is 50.2 Å². The van der Waals surface area contributed by atoms with Gasteiger partial charge in [0.25, 0.3) is 0 Å². The van der Waals surface area contributed by atoms with Crippen LogP contribution in [0.4, 0.5) is 0 Å². The summed E-state index contributed by atoms with van der Waals surface area (Å²) in [6.07, 6.45) is 0. The molecule has 0 heterocycles. The van der Waals surface area contributed by atoms with E-state index in [-0.39, 0.29) is 22.2 Å². The molecule has 0 aliphatic rings. The highest BCUT2D eigenvalue weighted by Crippen LogP contribution is 2.33. The van der Waals surface area contributed by atoms with Gasteiger partial charge in [0.15, 0.2) is 17.3 Å². The summed E-state index contributed by atoms with van der Waals surface area (Å²) in [5, 5.41) is 0. The molecular weight excluding hydrogens is 452 g/mol. The van der Waals surface area contributed by atoms with Gasteiger partial charge in [-0.3, -0.25) is 4.79 Å². The zero-order valence-electron chi connectivity index (χ0n) is 12.2. The Morgan fingerprint density at radius 3 is 2.30 bits per heavy atom. The first-order chi connectivity index (χ1) is 10.7. The van der Waals surface area contributed by atoms with Crippen molar-refractivity contribution in [2.45, 2.75) is 11.8 Å². The third-order valence-corrected chi connectivity index (χ3v) is 5.64.